The maximum Gasteiger partial charge on any atom is 0.410 e. The zero-order chi connectivity index (χ0) is 32.2. The first kappa shape index (κ1) is 33.9. The maximum absolute atomic E-state index is 12.1. The van der Waals surface area contributed by atoms with E-state index in [-0.39, 0.29) is 36.0 Å². The van der Waals surface area contributed by atoms with E-state index in [9.17, 15) is 22.8 Å². The van der Waals surface area contributed by atoms with Crippen molar-refractivity contribution in [3.8, 4) is 5.75 Å². The molecule has 2 aromatic rings. The number of aryl methyl sites for hydroxylation is 1. The highest BCUT2D eigenvalue weighted by atomic mass is 32.2. The molecular weight excluding hydrogens is 576 g/mol. The van der Waals surface area contributed by atoms with Crippen molar-refractivity contribution in [1.82, 2.24) is 9.80 Å². The largest absolute Gasteiger partial charge is 0.487 e. The molecule has 2 heterocycles. The van der Waals surface area contributed by atoms with Crippen LogP contribution in [0.3, 0.4) is 0 Å². The predicted molar refractivity (Wildman–Crippen MR) is 160 cm³/mol. The summed E-state index contributed by atoms with van der Waals surface area (Å²) in [6.45, 7) is 15.7. The number of amides is 2. The summed E-state index contributed by atoms with van der Waals surface area (Å²) in [6.07, 6.45) is -1.36. The third-order valence-corrected chi connectivity index (χ3v) is 7.49. The summed E-state index contributed by atoms with van der Waals surface area (Å²) in [5.74, 6) is 0.654. The molecule has 0 atom stereocenters. The predicted octanol–water partition coefficient (Wildman–Crippen LogP) is 5.21. The molecule has 0 aliphatic carbocycles. The summed E-state index contributed by atoms with van der Waals surface area (Å²) in [5.41, 5.74) is 0.532. The Morgan fingerprint density at radius 3 is 1.72 bits per heavy atom. The van der Waals surface area contributed by atoms with Gasteiger partial charge in [0.1, 0.15) is 29.2 Å². The van der Waals surface area contributed by atoms with Crippen molar-refractivity contribution in [3.63, 3.8) is 0 Å². The highest BCUT2D eigenvalue weighted by molar-refractivity contribution is 7.86. The molecule has 0 aromatic heterocycles. The molecular formula is C31H42N2O9S. The van der Waals surface area contributed by atoms with Crippen LogP contribution in [0.5, 0.6) is 5.75 Å². The Hall–Kier alpha value is -3.64. The molecule has 0 saturated carbocycles. The zero-order valence-corrected chi connectivity index (χ0v) is 26.9. The van der Waals surface area contributed by atoms with E-state index in [1.165, 1.54) is 24.0 Å². The number of hydrogen-bond acceptors (Lipinski definition) is 9. The van der Waals surface area contributed by atoms with Crippen LogP contribution in [0.4, 0.5) is 9.59 Å². The fourth-order valence-electron chi connectivity index (χ4n) is 3.88. The summed E-state index contributed by atoms with van der Waals surface area (Å²) < 4.78 is 45.6. The van der Waals surface area contributed by atoms with Crippen molar-refractivity contribution in [2.24, 2.45) is 0 Å². The molecule has 2 saturated heterocycles. The van der Waals surface area contributed by atoms with Crippen molar-refractivity contribution in [1.29, 1.82) is 0 Å². The maximum atomic E-state index is 12.1. The Balaban J connectivity index is 0.000000236. The van der Waals surface area contributed by atoms with E-state index in [4.69, 9.17) is 18.4 Å². The molecule has 4 rings (SSSR count). The number of nitrogens with zero attached hydrogens (tertiary/aromatic N) is 2. The van der Waals surface area contributed by atoms with Gasteiger partial charge in [0.2, 0.25) is 0 Å². The van der Waals surface area contributed by atoms with Crippen LogP contribution in [-0.2, 0) is 23.8 Å². The van der Waals surface area contributed by atoms with Gasteiger partial charge in [-0.1, -0.05) is 29.8 Å². The number of ether oxygens (including phenoxy) is 3. The lowest BCUT2D eigenvalue weighted by Crippen LogP contribution is -2.57. The first-order chi connectivity index (χ1) is 19.8. The van der Waals surface area contributed by atoms with E-state index in [0.717, 1.165) is 5.56 Å². The minimum absolute atomic E-state index is 0.00411. The average Bonchev–Trinajstić information content (AvgIpc) is 2.81. The first-order valence-corrected chi connectivity index (χ1v) is 15.5. The van der Waals surface area contributed by atoms with E-state index < -0.39 is 33.5 Å². The number of Topliss-reactive ketones (excluding diaryl/α,β-unsaturated/α-hetero) is 1. The van der Waals surface area contributed by atoms with Gasteiger partial charge in [-0.05, 0) is 79.7 Å². The number of carbonyl (C=O) groups excluding carboxylic acids is 3. The Labute approximate surface area is 254 Å². The van der Waals surface area contributed by atoms with Crippen LogP contribution < -0.4 is 4.74 Å². The van der Waals surface area contributed by atoms with Gasteiger partial charge in [0.15, 0.2) is 5.78 Å². The Bertz CT molecular complexity index is 1400. The van der Waals surface area contributed by atoms with Crippen LogP contribution in [-0.4, -0.2) is 85.8 Å². The highest BCUT2D eigenvalue weighted by Crippen LogP contribution is 2.23. The SMILES string of the molecule is CC(=O)c1cccc(OC2CN(C(=O)OC(C)(C)C)C2)c1.Cc1ccc(S(=O)(=O)OC2CN(C(=O)OC(C)(C)C)C2)cc1. The van der Waals surface area contributed by atoms with Gasteiger partial charge >= 0.3 is 12.2 Å². The second-order valence-corrected chi connectivity index (χ2v) is 14.2. The van der Waals surface area contributed by atoms with Crippen LogP contribution in [0.1, 0.15) is 64.4 Å². The molecule has 11 nitrogen and oxygen atoms in total. The summed E-state index contributed by atoms with van der Waals surface area (Å²) in [7, 11) is -3.80. The summed E-state index contributed by atoms with van der Waals surface area (Å²) >= 11 is 0. The molecule has 0 radical (unpaired) electrons. The van der Waals surface area contributed by atoms with Gasteiger partial charge in [0.25, 0.3) is 10.1 Å². The summed E-state index contributed by atoms with van der Waals surface area (Å²) in [6, 6.07) is 13.5. The van der Waals surface area contributed by atoms with Gasteiger partial charge in [0.05, 0.1) is 31.1 Å². The molecule has 2 fully saturated rings. The van der Waals surface area contributed by atoms with Crippen LogP contribution in [0.15, 0.2) is 53.4 Å². The van der Waals surface area contributed by atoms with E-state index in [0.29, 0.717) is 24.4 Å². The number of likely N-dealkylation sites (tertiary alicyclic amines) is 2. The van der Waals surface area contributed by atoms with Crippen molar-refractivity contribution in [2.75, 3.05) is 26.2 Å². The molecule has 43 heavy (non-hydrogen) atoms. The fourth-order valence-corrected chi connectivity index (χ4v) is 4.94. The lowest BCUT2D eigenvalue weighted by atomic mass is 10.1. The average molecular weight is 619 g/mol. The third-order valence-electron chi connectivity index (χ3n) is 6.12. The lowest BCUT2D eigenvalue weighted by Gasteiger charge is -2.39. The quantitative estimate of drug-likeness (QED) is 0.317. The molecule has 2 amide bonds. The van der Waals surface area contributed by atoms with Gasteiger partial charge < -0.3 is 24.0 Å². The lowest BCUT2D eigenvalue weighted by molar-refractivity contribution is -0.0222. The molecule has 0 N–H and O–H groups in total. The van der Waals surface area contributed by atoms with Crippen LogP contribution >= 0.6 is 0 Å². The Morgan fingerprint density at radius 2 is 1.26 bits per heavy atom. The second kappa shape index (κ2) is 13.3. The van der Waals surface area contributed by atoms with Crippen LogP contribution in [0, 0.1) is 6.92 Å². The van der Waals surface area contributed by atoms with Gasteiger partial charge in [-0.15, -0.1) is 0 Å². The molecule has 0 unspecified atom stereocenters. The first-order valence-electron chi connectivity index (χ1n) is 14.0. The van der Waals surface area contributed by atoms with Crippen molar-refractivity contribution in [3.05, 3.63) is 59.7 Å². The molecule has 0 spiro atoms. The minimum atomic E-state index is -3.80. The number of rotatable bonds is 6. The highest BCUT2D eigenvalue weighted by Gasteiger charge is 2.38. The Kier molecular flexibility index (Phi) is 10.5. The molecule has 236 valence electrons. The number of benzene rings is 2. The van der Waals surface area contributed by atoms with E-state index in [1.54, 1.807) is 56.0 Å². The van der Waals surface area contributed by atoms with Gasteiger partial charge in [-0.3, -0.25) is 8.98 Å². The smallest absolute Gasteiger partial charge is 0.410 e. The zero-order valence-electron chi connectivity index (χ0n) is 26.1. The molecule has 2 aliphatic heterocycles. The normalized spacial score (nSPS) is 15.8. The number of carbonyl (C=O) groups is 3. The van der Waals surface area contributed by atoms with Gasteiger partial charge in [-0.2, -0.15) is 8.42 Å². The van der Waals surface area contributed by atoms with Crippen molar-refractivity contribution >= 4 is 28.1 Å². The third kappa shape index (κ3) is 10.5. The summed E-state index contributed by atoms with van der Waals surface area (Å²) in [5, 5.41) is 0. The molecule has 0 bridgehead atoms. The molecule has 2 aromatic carbocycles. The van der Waals surface area contributed by atoms with E-state index in [1.807, 2.05) is 33.8 Å². The van der Waals surface area contributed by atoms with Gasteiger partial charge in [0, 0.05) is 5.56 Å². The van der Waals surface area contributed by atoms with Gasteiger partial charge in [-0.25, -0.2) is 9.59 Å². The number of ketones is 1. The van der Waals surface area contributed by atoms with Crippen molar-refractivity contribution < 1.29 is 41.2 Å². The summed E-state index contributed by atoms with van der Waals surface area (Å²) in [4.78, 5) is 38.0. The Morgan fingerprint density at radius 1 is 0.767 bits per heavy atom. The van der Waals surface area contributed by atoms with Crippen molar-refractivity contribution in [2.45, 2.75) is 83.7 Å². The van der Waals surface area contributed by atoms with E-state index in [2.05, 4.69) is 0 Å². The topological polar surface area (TPSA) is 129 Å². The number of hydrogen-bond donors (Lipinski definition) is 0. The molecule has 12 heteroatoms. The monoisotopic (exact) mass is 618 g/mol. The minimum Gasteiger partial charge on any atom is -0.487 e. The van der Waals surface area contributed by atoms with E-state index >= 15 is 0 Å². The van der Waals surface area contributed by atoms with Crippen LogP contribution in [0.2, 0.25) is 0 Å². The molecule has 2 aliphatic rings. The second-order valence-electron chi connectivity index (χ2n) is 12.6. The standard InChI is InChI=1S/C16H21NO4.C15H21NO5S/c1-11(18)12-6-5-7-13(8-12)20-14-9-17(10-14)15(19)21-16(2,3)4;1-11-5-7-13(8-6-11)22(18,19)21-12-9-16(10-12)14(17)20-15(2,3)4/h5-8,14H,9-10H2,1-4H3;5-8,12H,9-10H2,1-4H3. The van der Waals surface area contributed by atoms with Crippen LogP contribution in [0.25, 0.3) is 0 Å². The fraction of sp³-hybridized carbons (Fsp3) is 0.516.